The maximum atomic E-state index is 9.05. The van der Waals surface area contributed by atoms with E-state index in [4.69, 9.17) is 9.84 Å². The molecule has 0 fully saturated rings. The Bertz CT molecular complexity index is 497. The van der Waals surface area contributed by atoms with Gasteiger partial charge in [-0.05, 0) is 23.3 Å². The second kappa shape index (κ2) is 6.02. The minimum absolute atomic E-state index is 0.0552. The molecule has 18 heavy (non-hydrogen) atoms. The van der Waals surface area contributed by atoms with E-state index >= 15 is 0 Å². The molecule has 0 saturated carbocycles. The van der Waals surface area contributed by atoms with E-state index in [1.165, 1.54) is 0 Å². The van der Waals surface area contributed by atoms with Crippen molar-refractivity contribution in [1.29, 1.82) is 0 Å². The summed E-state index contributed by atoms with van der Waals surface area (Å²) in [4.78, 5) is 4.14. The Kier molecular flexibility index (Phi) is 4.15. The molecule has 0 atom stereocenters. The lowest BCUT2D eigenvalue weighted by molar-refractivity contribution is 0.282. The first kappa shape index (κ1) is 12.4. The van der Waals surface area contributed by atoms with E-state index in [0.717, 1.165) is 16.8 Å². The summed E-state index contributed by atoms with van der Waals surface area (Å²) in [6, 6.07) is 11.5. The minimum atomic E-state index is 0.0552. The standard InChI is InChI=1S/C14H16N2O2/c1-18-14-6-5-12(9-16-14)8-15-13-4-2-3-11(7-13)10-17/h2-7,9,15,17H,8,10H2,1H3. The lowest BCUT2D eigenvalue weighted by Crippen LogP contribution is -2.00. The number of hydrogen-bond acceptors (Lipinski definition) is 4. The first-order valence-electron chi connectivity index (χ1n) is 5.74. The monoisotopic (exact) mass is 244 g/mol. The van der Waals surface area contributed by atoms with Crippen molar-refractivity contribution in [2.45, 2.75) is 13.2 Å². The highest BCUT2D eigenvalue weighted by molar-refractivity contribution is 5.46. The Hall–Kier alpha value is -2.07. The average Bonchev–Trinajstić information content (AvgIpc) is 2.46. The van der Waals surface area contributed by atoms with Gasteiger partial charge in [0.05, 0.1) is 13.7 Å². The molecule has 0 saturated heterocycles. The van der Waals surface area contributed by atoms with Crippen molar-refractivity contribution >= 4 is 5.69 Å². The van der Waals surface area contributed by atoms with Crippen LogP contribution in [0.15, 0.2) is 42.6 Å². The molecule has 4 heteroatoms. The van der Waals surface area contributed by atoms with Gasteiger partial charge in [0.1, 0.15) is 0 Å². The van der Waals surface area contributed by atoms with Crippen molar-refractivity contribution in [3.8, 4) is 5.88 Å². The second-order valence-corrected chi connectivity index (χ2v) is 3.92. The smallest absolute Gasteiger partial charge is 0.212 e. The molecule has 2 rings (SSSR count). The summed E-state index contributed by atoms with van der Waals surface area (Å²) in [5.41, 5.74) is 2.95. The number of nitrogens with zero attached hydrogens (tertiary/aromatic N) is 1. The lowest BCUT2D eigenvalue weighted by atomic mass is 10.2. The third-order valence-corrected chi connectivity index (χ3v) is 2.61. The van der Waals surface area contributed by atoms with E-state index in [-0.39, 0.29) is 6.61 Å². The quantitative estimate of drug-likeness (QED) is 0.846. The number of aliphatic hydroxyl groups is 1. The number of rotatable bonds is 5. The van der Waals surface area contributed by atoms with Gasteiger partial charge in [-0.25, -0.2) is 4.98 Å². The van der Waals surface area contributed by atoms with Gasteiger partial charge in [0.25, 0.3) is 0 Å². The Morgan fingerprint density at radius 2 is 2.11 bits per heavy atom. The van der Waals surface area contributed by atoms with Gasteiger partial charge in [0, 0.05) is 24.5 Å². The zero-order chi connectivity index (χ0) is 12.8. The van der Waals surface area contributed by atoms with Gasteiger partial charge in [-0.3, -0.25) is 0 Å². The zero-order valence-electron chi connectivity index (χ0n) is 10.3. The molecule has 1 aromatic heterocycles. The van der Waals surface area contributed by atoms with Crippen LogP contribution in [0, 0.1) is 0 Å². The number of aliphatic hydroxyl groups excluding tert-OH is 1. The third-order valence-electron chi connectivity index (χ3n) is 2.61. The van der Waals surface area contributed by atoms with E-state index < -0.39 is 0 Å². The highest BCUT2D eigenvalue weighted by atomic mass is 16.5. The summed E-state index contributed by atoms with van der Waals surface area (Å²) >= 11 is 0. The molecular formula is C14H16N2O2. The maximum Gasteiger partial charge on any atom is 0.212 e. The molecule has 94 valence electrons. The van der Waals surface area contributed by atoms with Crippen molar-refractivity contribution < 1.29 is 9.84 Å². The van der Waals surface area contributed by atoms with Gasteiger partial charge in [0.15, 0.2) is 0 Å². The Morgan fingerprint density at radius 3 is 2.78 bits per heavy atom. The topological polar surface area (TPSA) is 54.4 Å². The predicted molar refractivity (Wildman–Crippen MR) is 70.5 cm³/mol. The van der Waals surface area contributed by atoms with E-state index in [0.29, 0.717) is 12.4 Å². The maximum absolute atomic E-state index is 9.05. The van der Waals surface area contributed by atoms with Crippen LogP contribution >= 0.6 is 0 Å². The highest BCUT2D eigenvalue weighted by Crippen LogP contribution is 2.13. The normalized spacial score (nSPS) is 10.1. The predicted octanol–water partition coefficient (Wildman–Crippen LogP) is 2.19. The molecule has 0 amide bonds. The summed E-state index contributed by atoms with van der Waals surface area (Å²) in [6.45, 7) is 0.742. The average molecular weight is 244 g/mol. The van der Waals surface area contributed by atoms with E-state index in [1.54, 1.807) is 13.3 Å². The van der Waals surface area contributed by atoms with Gasteiger partial charge in [-0.1, -0.05) is 18.2 Å². The van der Waals surface area contributed by atoms with Crippen LogP contribution in [0.4, 0.5) is 5.69 Å². The van der Waals surface area contributed by atoms with Gasteiger partial charge >= 0.3 is 0 Å². The van der Waals surface area contributed by atoms with Crippen LogP contribution in [-0.4, -0.2) is 17.2 Å². The number of pyridine rings is 1. The fourth-order valence-electron chi connectivity index (χ4n) is 1.62. The summed E-state index contributed by atoms with van der Waals surface area (Å²) in [5, 5.41) is 12.3. The molecular weight excluding hydrogens is 228 g/mol. The van der Waals surface area contributed by atoms with Crippen molar-refractivity contribution in [2.24, 2.45) is 0 Å². The Labute approximate surface area is 106 Å². The summed E-state index contributed by atoms with van der Waals surface area (Å²) in [7, 11) is 1.60. The van der Waals surface area contributed by atoms with Gasteiger partial charge in [0.2, 0.25) is 5.88 Å². The van der Waals surface area contributed by atoms with Crippen molar-refractivity contribution in [3.05, 3.63) is 53.7 Å². The van der Waals surface area contributed by atoms with Gasteiger partial charge in [-0.15, -0.1) is 0 Å². The molecule has 0 aliphatic rings. The molecule has 0 bridgehead atoms. The number of ether oxygens (including phenoxy) is 1. The molecule has 4 nitrogen and oxygen atoms in total. The van der Waals surface area contributed by atoms with Crippen LogP contribution < -0.4 is 10.1 Å². The van der Waals surface area contributed by atoms with Crippen molar-refractivity contribution in [2.75, 3.05) is 12.4 Å². The molecule has 0 aliphatic heterocycles. The van der Waals surface area contributed by atoms with Gasteiger partial charge < -0.3 is 15.2 Å². The Morgan fingerprint density at radius 1 is 1.22 bits per heavy atom. The summed E-state index contributed by atoms with van der Waals surface area (Å²) in [5.74, 6) is 0.612. The lowest BCUT2D eigenvalue weighted by Gasteiger charge is -2.08. The van der Waals surface area contributed by atoms with Crippen molar-refractivity contribution in [3.63, 3.8) is 0 Å². The fourth-order valence-corrected chi connectivity index (χ4v) is 1.62. The first-order valence-corrected chi connectivity index (χ1v) is 5.74. The summed E-state index contributed by atoms with van der Waals surface area (Å²) < 4.78 is 5.00. The third kappa shape index (κ3) is 3.21. The van der Waals surface area contributed by atoms with Crippen molar-refractivity contribution in [1.82, 2.24) is 4.98 Å². The number of nitrogens with one attached hydrogen (secondary N) is 1. The van der Waals surface area contributed by atoms with Crippen LogP contribution in [0.1, 0.15) is 11.1 Å². The molecule has 1 heterocycles. The first-order chi connectivity index (χ1) is 8.81. The second-order valence-electron chi connectivity index (χ2n) is 3.92. The minimum Gasteiger partial charge on any atom is -0.481 e. The molecule has 0 spiro atoms. The molecule has 0 aliphatic carbocycles. The van der Waals surface area contributed by atoms with Crippen LogP contribution in [0.3, 0.4) is 0 Å². The molecule has 2 N–H and O–H groups in total. The van der Waals surface area contributed by atoms with Gasteiger partial charge in [-0.2, -0.15) is 0 Å². The van der Waals surface area contributed by atoms with Crippen LogP contribution in [0.5, 0.6) is 5.88 Å². The zero-order valence-corrected chi connectivity index (χ0v) is 10.3. The van der Waals surface area contributed by atoms with Crippen LogP contribution in [0.25, 0.3) is 0 Å². The fraction of sp³-hybridized carbons (Fsp3) is 0.214. The van der Waals surface area contributed by atoms with Crippen LogP contribution in [0.2, 0.25) is 0 Å². The number of benzene rings is 1. The SMILES string of the molecule is COc1ccc(CNc2cccc(CO)c2)cn1. The van der Waals surface area contributed by atoms with E-state index in [2.05, 4.69) is 10.3 Å². The Balaban J connectivity index is 1.97. The number of aromatic nitrogens is 1. The van der Waals surface area contributed by atoms with E-state index in [1.807, 2.05) is 36.4 Å². The van der Waals surface area contributed by atoms with E-state index in [9.17, 15) is 0 Å². The largest absolute Gasteiger partial charge is 0.481 e. The molecule has 2 aromatic rings. The summed E-state index contributed by atoms with van der Waals surface area (Å²) in [6.07, 6.45) is 1.78. The highest BCUT2D eigenvalue weighted by Gasteiger charge is 1.97. The molecule has 0 unspecified atom stereocenters. The number of methoxy groups -OCH3 is 1. The number of hydrogen-bond donors (Lipinski definition) is 2. The number of anilines is 1. The molecule has 0 radical (unpaired) electrons. The molecule has 1 aromatic carbocycles. The van der Waals surface area contributed by atoms with Crippen LogP contribution in [-0.2, 0) is 13.2 Å².